The molecule has 0 spiro atoms. The number of methoxy groups -OCH3 is 2. The topological polar surface area (TPSA) is 47.7 Å². The molecular weight excluding hydrogens is 228 g/mol. The molecule has 1 rings (SSSR count). The molecule has 2 N–H and O–H groups in total. The summed E-state index contributed by atoms with van der Waals surface area (Å²) in [7, 11) is 3.31. The van der Waals surface area contributed by atoms with Crippen molar-refractivity contribution in [3.05, 3.63) is 23.8 Å². The van der Waals surface area contributed by atoms with Crippen molar-refractivity contribution in [3.63, 3.8) is 0 Å². The minimum absolute atomic E-state index is 0.739. The predicted octanol–water partition coefficient (Wildman–Crippen LogP) is 1.87. The van der Waals surface area contributed by atoms with Gasteiger partial charge in [0.25, 0.3) is 0 Å². The van der Waals surface area contributed by atoms with Gasteiger partial charge in [0.2, 0.25) is 0 Å². The third-order valence-corrected chi connectivity index (χ3v) is 2.98. The Morgan fingerprint density at radius 3 is 2.44 bits per heavy atom. The molecule has 0 atom stereocenters. The van der Waals surface area contributed by atoms with Crippen molar-refractivity contribution < 1.29 is 9.47 Å². The van der Waals surface area contributed by atoms with Crippen LogP contribution in [-0.4, -0.2) is 38.8 Å². The van der Waals surface area contributed by atoms with Crippen LogP contribution < -0.4 is 15.2 Å². The smallest absolute Gasteiger partial charge is 0.161 e. The van der Waals surface area contributed by atoms with Crippen LogP contribution in [0.5, 0.6) is 11.5 Å². The highest BCUT2D eigenvalue weighted by Gasteiger charge is 2.07. The fraction of sp³-hybridized carbons (Fsp3) is 0.571. The zero-order valence-electron chi connectivity index (χ0n) is 11.6. The fourth-order valence-corrected chi connectivity index (χ4v) is 1.90. The first-order valence-electron chi connectivity index (χ1n) is 6.38. The normalized spacial score (nSPS) is 10.7. The summed E-state index contributed by atoms with van der Waals surface area (Å²) in [6.45, 7) is 5.87. The maximum Gasteiger partial charge on any atom is 0.161 e. The average molecular weight is 252 g/mol. The second kappa shape index (κ2) is 7.95. The molecule has 0 amide bonds. The number of benzene rings is 1. The second-order valence-corrected chi connectivity index (χ2v) is 4.20. The SMILES string of the molecule is CCN(CCCN)Cc1ccc(OC)c(OC)c1. The minimum Gasteiger partial charge on any atom is -0.493 e. The third-order valence-electron chi connectivity index (χ3n) is 2.98. The van der Waals surface area contributed by atoms with Crippen molar-refractivity contribution in [2.24, 2.45) is 5.73 Å². The Morgan fingerprint density at radius 1 is 1.17 bits per heavy atom. The first-order valence-corrected chi connectivity index (χ1v) is 6.38. The van der Waals surface area contributed by atoms with Crippen LogP contribution >= 0.6 is 0 Å². The van der Waals surface area contributed by atoms with Gasteiger partial charge in [0, 0.05) is 6.54 Å². The number of nitrogens with zero attached hydrogens (tertiary/aromatic N) is 1. The predicted molar refractivity (Wildman–Crippen MR) is 74.2 cm³/mol. The summed E-state index contributed by atoms with van der Waals surface area (Å²) in [5.41, 5.74) is 6.77. The number of rotatable bonds is 8. The zero-order chi connectivity index (χ0) is 13.4. The maximum atomic E-state index is 5.55. The van der Waals surface area contributed by atoms with Crippen molar-refractivity contribution in [2.75, 3.05) is 33.9 Å². The van der Waals surface area contributed by atoms with E-state index in [1.807, 2.05) is 12.1 Å². The average Bonchev–Trinajstić information content (AvgIpc) is 2.43. The van der Waals surface area contributed by atoms with Crippen molar-refractivity contribution >= 4 is 0 Å². The van der Waals surface area contributed by atoms with E-state index in [0.29, 0.717) is 0 Å². The molecule has 4 heteroatoms. The van der Waals surface area contributed by atoms with Crippen molar-refractivity contribution in [1.82, 2.24) is 4.90 Å². The monoisotopic (exact) mass is 252 g/mol. The van der Waals surface area contributed by atoms with E-state index < -0.39 is 0 Å². The molecule has 0 saturated carbocycles. The summed E-state index contributed by atoms with van der Waals surface area (Å²) in [5.74, 6) is 1.55. The van der Waals surface area contributed by atoms with Crippen LogP contribution in [0.1, 0.15) is 18.9 Å². The van der Waals surface area contributed by atoms with Crippen molar-refractivity contribution in [1.29, 1.82) is 0 Å². The quantitative estimate of drug-likeness (QED) is 0.767. The minimum atomic E-state index is 0.739. The molecule has 0 bridgehead atoms. The Bertz CT molecular complexity index is 356. The molecule has 0 aliphatic carbocycles. The molecule has 0 unspecified atom stereocenters. The van der Waals surface area contributed by atoms with E-state index in [9.17, 15) is 0 Å². The van der Waals surface area contributed by atoms with Gasteiger partial charge in [-0.3, -0.25) is 4.90 Å². The Hall–Kier alpha value is -1.26. The van der Waals surface area contributed by atoms with E-state index in [1.54, 1.807) is 14.2 Å². The maximum absolute atomic E-state index is 5.55. The van der Waals surface area contributed by atoms with Gasteiger partial charge in [-0.25, -0.2) is 0 Å². The van der Waals surface area contributed by atoms with Crippen molar-refractivity contribution in [2.45, 2.75) is 19.9 Å². The zero-order valence-corrected chi connectivity index (χ0v) is 11.6. The van der Waals surface area contributed by atoms with Gasteiger partial charge in [0.15, 0.2) is 11.5 Å². The summed E-state index contributed by atoms with van der Waals surface area (Å²) < 4.78 is 10.5. The molecule has 0 saturated heterocycles. The van der Waals surface area contributed by atoms with Crippen LogP contribution in [-0.2, 0) is 6.54 Å². The Balaban J connectivity index is 2.71. The summed E-state index contributed by atoms with van der Waals surface area (Å²) in [6.07, 6.45) is 1.03. The van der Waals surface area contributed by atoms with Crippen LogP contribution in [0.15, 0.2) is 18.2 Å². The van der Waals surface area contributed by atoms with E-state index in [1.165, 1.54) is 5.56 Å². The Labute approximate surface area is 110 Å². The standard InChI is InChI=1S/C14H24N2O2/c1-4-16(9-5-8-15)11-12-6-7-13(17-2)14(10-12)18-3/h6-7,10H,4-5,8-9,11,15H2,1-3H3. The van der Waals surface area contributed by atoms with E-state index >= 15 is 0 Å². The summed E-state index contributed by atoms with van der Waals surface area (Å²) in [4.78, 5) is 2.37. The highest BCUT2D eigenvalue weighted by atomic mass is 16.5. The van der Waals surface area contributed by atoms with Gasteiger partial charge < -0.3 is 15.2 Å². The third kappa shape index (κ3) is 4.20. The van der Waals surface area contributed by atoms with Gasteiger partial charge in [0.05, 0.1) is 14.2 Å². The van der Waals surface area contributed by atoms with Gasteiger partial charge >= 0.3 is 0 Å². The Morgan fingerprint density at radius 2 is 1.89 bits per heavy atom. The van der Waals surface area contributed by atoms with Crippen LogP contribution in [0.3, 0.4) is 0 Å². The lowest BCUT2D eigenvalue weighted by molar-refractivity contribution is 0.277. The van der Waals surface area contributed by atoms with Crippen molar-refractivity contribution in [3.8, 4) is 11.5 Å². The molecule has 0 heterocycles. The van der Waals surface area contributed by atoms with Gasteiger partial charge in [0.1, 0.15) is 0 Å². The molecule has 0 radical (unpaired) electrons. The largest absolute Gasteiger partial charge is 0.493 e. The number of nitrogens with two attached hydrogens (primary N) is 1. The van der Waals surface area contributed by atoms with E-state index in [-0.39, 0.29) is 0 Å². The summed E-state index contributed by atoms with van der Waals surface area (Å²) in [6, 6.07) is 6.06. The second-order valence-electron chi connectivity index (χ2n) is 4.20. The molecule has 1 aromatic carbocycles. The molecular formula is C14H24N2O2. The van der Waals surface area contributed by atoms with Gasteiger partial charge in [-0.15, -0.1) is 0 Å². The fourth-order valence-electron chi connectivity index (χ4n) is 1.90. The number of hydrogen-bond acceptors (Lipinski definition) is 4. The van der Waals surface area contributed by atoms with Crippen LogP contribution in [0.4, 0.5) is 0 Å². The number of ether oxygens (including phenoxy) is 2. The van der Waals surface area contributed by atoms with Crippen LogP contribution in [0.25, 0.3) is 0 Å². The molecule has 0 aliphatic heterocycles. The first-order chi connectivity index (χ1) is 8.74. The molecule has 0 aromatic heterocycles. The molecule has 1 aromatic rings. The molecule has 4 nitrogen and oxygen atoms in total. The van der Waals surface area contributed by atoms with Gasteiger partial charge in [-0.05, 0) is 43.8 Å². The lowest BCUT2D eigenvalue weighted by Gasteiger charge is -2.20. The van der Waals surface area contributed by atoms with E-state index in [4.69, 9.17) is 15.2 Å². The molecule has 0 fully saturated rings. The highest BCUT2D eigenvalue weighted by molar-refractivity contribution is 5.42. The van der Waals surface area contributed by atoms with E-state index in [0.717, 1.165) is 44.1 Å². The first kappa shape index (κ1) is 14.8. The number of hydrogen-bond donors (Lipinski definition) is 1. The summed E-state index contributed by atoms with van der Waals surface area (Å²) in [5, 5.41) is 0. The van der Waals surface area contributed by atoms with Crippen LogP contribution in [0.2, 0.25) is 0 Å². The summed E-state index contributed by atoms with van der Waals surface area (Å²) >= 11 is 0. The Kier molecular flexibility index (Phi) is 6.54. The lowest BCUT2D eigenvalue weighted by Crippen LogP contribution is -2.25. The molecule has 0 aliphatic rings. The van der Waals surface area contributed by atoms with Crippen LogP contribution in [0, 0.1) is 0 Å². The van der Waals surface area contributed by atoms with E-state index in [2.05, 4.69) is 17.9 Å². The molecule has 18 heavy (non-hydrogen) atoms. The van der Waals surface area contributed by atoms with Gasteiger partial charge in [-0.1, -0.05) is 13.0 Å². The lowest BCUT2D eigenvalue weighted by atomic mass is 10.2. The highest BCUT2D eigenvalue weighted by Crippen LogP contribution is 2.27. The molecule has 102 valence electrons. The van der Waals surface area contributed by atoms with Gasteiger partial charge in [-0.2, -0.15) is 0 Å².